The lowest BCUT2D eigenvalue weighted by Crippen LogP contribution is -2.28. The molecule has 0 amide bonds. The van der Waals surface area contributed by atoms with E-state index in [1.54, 1.807) is 7.11 Å². The maximum atomic E-state index is 11.0. The lowest BCUT2D eigenvalue weighted by Gasteiger charge is -2.37. The summed E-state index contributed by atoms with van der Waals surface area (Å²) in [6, 6.07) is 1.34. The highest BCUT2D eigenvalue weighted by Gasteiger charge is 2.32. The predicted molar refractivity (Wildman–Crippen MR) is 84.0 cm³/mol. The Balaban J connectivity index is 1.65. The standard InChI is InChI=1S/C16H30O3Si/c1-19-10-11-20-15-8-6-13(7-9-15)12-2-4-14(5-3-12)16(17)18/h12-15H,2-11,20H2,1H3,(H,17,18). The smallest absolute Gasteiger partial charge is 0.306 e. The second-order valence-corrected chi connectivity index (χ2v) is 9.30. The van der Waals surface area contributed by atoms with Crippen LogP contribution < -0.4 is 0 Å². The summed E-state index contributed by atoms with van der Waals surface area (Å²) in [7, 11) is 1.89. The van der Waals surface area contributed by atoms with Crippen molar-refractivity contribution in [3.63, 3.8) is 0 Å². The number of carbonyl (C=O) groups is 1. The van der Waals surface area contributed by atoms with Crippen molar-refractivity contribution in [3.05, 3.63) is 0 Å². The SMILES string of the molecule is COCC[SiH2]C1CCC(C2CCC(C(=O)O)CC2)CC1. The second kappa shape index (κ2) is 8.18. The quantitative estimate of drug-likeness (QED) is 0.605. The van der Waals surface area contributed by atoms with Crippen molar-refractivity contribution >= 4 is 15.5 Å². The minimum absolute atomic E-state index is 0.0518. The molecule has 0 heterocycles. The van der Waals surface area contributed by atoms with Crippen LogP contribution in [0.2, 0.25) is 11.6 Å². The number of ether oxygens (including phenoxy) is 1. The van der Waals surface area contributed by atoms with Crippen molar-refractivity contribution in [1.82, 2.24) is 0 Å². The Kier molecular flexibility index (Phi) is 6.55. The molecule has 0 aliphatic heterocycles. The molecule has 0 radical (unpaired) electrons. The molecule has 0 aromatic heterocycles. The summed E-state index contributed by atoms with van der Waals surface area (Å²) in [6.07, 6.45) is 9.87. The molecule has 2 rings (SSSR count). The maximum Gasteiger partial charge on any atom is 0.306 e. The molecule has 0 saturated heterocycles. The molecule has 0 aromatic rings. The Morgan fingerprint density at radius 1 is 1.05 bits per heavy atom. The number of rotatable bonds is 6. The minimum atomic E-state index is -0.573. The fourth-order valence-corrected chi connectivity index (χ4v) is 6.38. The second-order valence-electron chi connectivity index (χ2n) is 6.87. The van der Waals surface area contributed by atoms with Crippen molar-refractivity contribution in [2.24, 2.45) is 17.8 Å². The molecule has 20 heavy (non-hydrogen) atoms. The van der Waals surface area contributed by atoms with Crippen LogP contribution in [0.25, 0.3) is 0 Å². The largest absolute Gasteiger partial charge is 0.481 e. The Morgan fingerprint density at radius 2 is 1.60 bits per heavy atom. The number of methoxy groups -OCH3 is 1. The zero-order chi connectivity index (χ0) is 14.4. The third-order valence-electron chi connectivity index (χ3n) is 5.64. The van der Waals surface area contributed by atoms with Crippen LogP contribution in [0.1, 0.15) is 51.4 Å². The lowest BCUT2D eigenvalue weighted by molar-refractivity contribution is -0.143. The molecule has 0 bridgehead atoms. The number of carboxylic acid groups (broad SMARTS) is 1. The van der Waals surface area contributed by atoms with Gasteiger partial charge in [-0.2, -0.15) is 0 Å². The Bertz CT molecular complexity index is 292. The molecule has 0 spiro atoms. The molecule has 1 N–H and O–H groups in total. The van der Waals surface area contributed by atoms with E-state index >= 15 is 0 Å². The molecule has 116 valence electrons. The minimum Gasteiger partial charge on any atom is -0.481 e. The highest BCUT2D eigenvalue weighted by molar-refractivity contribution is 6.37. The summed E-state index contributed by atoms with van der Waals surface area (Å²) in [4.78, 5) is 11.0. The number of aliphatic carboxylic acids is 1. The number of hydrogen-bond donors (Lipinski definition) is 1. The van der Waals surface area contributed by atoms with Gasteiger partial charge < -0.3 is 9.84 Å². The summed E-state index contributed by atoms with van der Waals surface area (Å²) in [5.41, 5.74) is 1.05. The van der Waals surface area contributed by atoms with E-state index < -0.39 is 5.97 Å². The van der Waals surface area contributed by atoms with Gasteiger partial charge in [0.25, 0.3) is 0 Å². The van der Waals surface area contributed by atoms with Gasteiger partial charge in [0.05, 0.1) is 5.92 Å². The lowest BCUT2D eigenvalue weighted by atomic mass is 9.71. The Labute approximate surface area is 125 Å². The van der Waals surface area contributed by atoms with Crippen LogP contribution in [0.3, 0.4) is 0 Å². The third-order valence-corrected chi connectivity index (χ3v) is 7.97. The van der Waals surface area contributed by atoms with Crippen LogP contribution in [-0.4, -0.2) is 34.3 Å². The van der Waals surface area contributed by atoms with Crippen molar-refractivity contribution in [3.8, 4) is 0 Å². The van der Waals surface area contributed by atoms with Gasteiger partial charge in [0.1, 0.15) is 0 Å². The Morgan fingerprint density at radius 3 is 2.10 bits per heavy atom. The van der Waals surface area contributed by atoms with Gasteiger partial charge in [0.15, 0.2) is 0 Å². The number of carboxylic acids is 1. The van der Waals surface area contributed by atoms with E-state index in [4.69, 9.17) is 9.84 Å². The van der Waals surface area contributed by atoms with Gasteiger partial charge in [0, 0.05) is 23.2 Å². The van der Waals surface area contributed by atoms with Gasteiger partial charge in [-0.15, -0.1) is 0 Å². The van der Waals surface area contributed by atoms with E-state index in [1.807, 2.05) is 0 Å². The molecule has 2 saturated carbocycles. The van der Waals surface area contributed by atoms with Crippen LogP contribution in [0.5, 0.6) is 0 Å². The van der Waals surface area contributed by atoms with Gasteiger partial charge in [-0.05, 0) is 43.6 Å². The summed E-state index contributed by atoms with van der Waals surface area (Å²) < 4.78 is 5.17. The first kappa shape index (κ1) is 16.0. The van der Waals surface area contributed by atoms with E-state index in [1.165, 1.54) is 31.7 Å². The molecule has 3 nitrogen and oxygen atoms in total. The monoisotopic (exact) mass is 298 g/mol. The fraction of sp³-hybridized carbons (Fsp3) is 0.938. The van der Waals surface area contributed by atoms with Crippen LogP contribution >= 0.6 is 0 Å². The summed E-state index contributed by atoms with van der Waals surface area (Å²) >= 11 is 0. The highest BCUT2D eigenvalue weighted by Crippen LogP contribution is 2.42. The van der Waals surface area contributed by atoms with Crippen molar-refractivity contribution in [1.29, 1.82) is 0 Å². The number of hydrogen-bond acceptors (Lipinski definition) is 2. The summed E-state index contributed by atoms with van der Waals surface area (Å²) in [6.45, 7) is 0.964. The third kappa shape index (κ3) is 4.59. The molecular formula is C16H30O3Si. The zero-order valence-corrected chi connectivity index (χ0v) is 14.3. The fourth-order valence-electron chi connectivity index (χ4n) is 4.30. The molecular weight excluding hydrogens is 268 g/mol. The van der Waals surface area contributed by atoms with Crippen molar-refractivity contribution in [2.75, 3.05) is 13.7 Å². The van der Waals surface area contributed by atoms with E-state index in [0.29, 0.717) is 0 Å². The molecule has 0 unspecified atom stereocenters. The predicted octanol–water partition coefficient (Wildman–Crippen LogP) is 3.09. The van der Waals surface area contributed by atoms with Gasteiger partial charge in [-0.25, -0.2) is 0 Å². The topological polar surface area (TPSA) is 46.5 Å². The molecule has 2 fully saturated rings. The molecule has 0 aromatic carbocycles. The Hall–Kier alpha value is -0.353. The van der Waals surface area contributed by atoms with Crippen molar-refractivity contribution < 1.29 is 14.6 Å². The zero-order valence-electron chi connectivity index (χ0n) is 12.9. The highest BCUT2D eigenvalue weighted by atomic mass is 28.2. The molecule has 2 aliphatic rings. The first-order chi connectivity index (χ1) is 9.70. The van der Waals surface area contributed by atoms with E-state index in [2.05, 4.69) is 0 Å². The van der Waals surface area contributed by atoms with Gasteiger partial charge >= 0.3 is 5.97 Å². The van der Waals surface area contributed by atoms with Crippen LogP contribution in [0, 0.1) is 17.8 Å². The van der Waals surface area contributed by atoms with Crippen molar-refractivity contribution in [2.45, 2.75) is 63.0 Å². The van der Waals surface area contributed by atoms with E-state index in [9.17, 15) is 4.79 Å². The summed E-state index contributed by atoms with van der Waals surface area (Å²) in [5, 5.41) is 9.07. The molecule has 2 aliphatic carbocycles. The van der Waals surface area contributed by atoms with Gasteiger partial charge in [0.2, 0.25) is 0 Å². The maximum absolute atomic E-state index is 11.0. The first-order valence-corrected chi connectivity index (χ1v) is 10.2. The van der Waals surface area contributed by atoms with E-state index in [-0.39, 0.29) is 15.4 Å². The van der Waals surface area contributed by atoms with Crippen LogP contribution in [0.15, 0.2) is 0 Å². The van der Waals surface area contributed by atoms with Crippen LogP contribution in [-0.2, 0) is 9.53 Å². The molecule has 0 atom stereocenters. The first-order valence-electron chi connectivity index (χ1n) is 8.42. The normalized spacial score (nSPS) is 35.5. The summed E-state index contributed by atoms with van der Waals surface area (Å²) in [5.74, 6) is 1.10. The van der Waals surface area contributed by atoms with Gasteiger partial charge in [-0.3, -0.25) is 4.79 Å². The van der Waals surface area contributed by atoms with E-state index in [0.717, 1.165) is 49.7 Å². The average molecular weight is 298 g/mol. The average Bonchev–Trinajstić information content (AvgIpc) is 2.48. The van der Waals surface area contributed by atoms with Gasteiger partial charge in [-0.1, -0.05) is 31.2 Å². The van der Waals surface area contributed by atoms with Crippen LogP contribution in [0.4, 0.5) is 0 Å². The molecule has 4 heteroatoms.